The zero-order valence-corrected chi connectivity index (χ0v) is 8.84. The largest absolute Gasteiger partial charge is 0.450 e. The maximum atomic E-state index is 11.1. The number of rotatable bonds is 5. The SMILES string of the molecule is CCCCOC(=O)NCC1CCCN1. The summed E-state index contributed by atoms with van der Waals surface area (Å²) in [7, 11) is 0. The van der Waals surface area contributed by atoms with Crippen LogP contribution < -0.4 is 10.6 Å². The molecule has 0 aromatic heterocycles. The van der Waals surface area contributed by atoms with Gasteiger partial charge in [-0.05, 0) is 25.8 Å². The summed E-state index contributed by atoms with van der Waals surface area (Å²) in [6, 6.07) is 0.439. The van der Waals surface area contributed by atoms with Crippen LogP contribution in [0.1, 0.15) is 32.6 Å². The van der Waals surface area contributed by atoms with Crippen LogP contribution in [0.5, 0.6) is 0 Å². The summed E-state index contributed by atoms with van der Waals surface area (Å²) in [5.41, 5.74) is 0. The van der Waals surface area contributed by atoms with Gasteiger partial charge in [0.05, 0.1) is 6.61 Å². The van der Waals surface area contributed by atoms with E-state index in [1.54, 1.807) is 0 Å². The van der Waals surface area contributed by atoms with Crippen molar-refractivity contribution in [2.24, 2.45) is 0 Å². The van der Waals surface area contributed by atoms with Crippen LogP contribution in [0.4, 0.5) is 4.79 Å². The quantitative estimate of drug-likeness (QED) is 0.657. The molecule has 1 rings (SSSR count). The summed E-state index contributed by atoms with van der Waals surface area (Å²) in [6.45, 7) is 4.35. The second-order valence-corrected chi connectivity index (χ2v) is 3.66. The Hall–Kier alpha value is -0.770. The van der Waals surface area contributed by atoms with Crippen molar-refractivity contribution < 1.29 is 9.53 Å². The molecule has 1 saturated heterocycles. The number of nitrogens with one attached hydrogen (secondary N) is 2. The summed E-state index contributed by atoms with van der Waals surface area (Å²) in [5, 5.41) is 6.07. The molecule has 0 aromatic carbocycles. The highest BCUT2D eigenvalue weighted by molar-refractivity contribution is 5.67. The predicted octanol–water partition coefficient (Wildman–Crippen LogP) is 1.26. The van der Waals surface area contributed by atoms with Crippen molar-refractivity contribution in [3.63, 3.8) is 0 Å². The van der Waals surface area contributed by atoms with E-state index in [1.165, 1.54) is 6.42 Å². The standard InChI is InChI=1S/C10H20N2O2/c1-2-3-7-14-10(13)12-8-9-5-4-6-11-9/h9,11H,2-8H2,1H3,(H,12,13). The molecule has 0 radical (unpaired) electrons. The molecule has 0 spiro atoms. The molecule has 1 heterocycles. The second kappa shape index (κ2) is 6.65. The average Bonchev–Trinajstić information content (AvgIpc) is 2.68. The van der Waals surface area contributed by atoms with E-state index >= 15 is 0 Å². The Bertz CT molecular complexity index is 168. The molecule has 1 fully saturated rings. The van der Waals surface area contributed by atoms with Crippen LogP contribution in [0, 0.1) is 0 Å². The lowest BCUT2D eigenvalue weighted by molar-refractivity contribution is 0.143. The Labute approximate surface area is 85.4 Å². The minimum Gasteiger partial charge on any atom is -0.450 e. The molecule has 82 valence electrons. The highest BCUT2D eigenvalue weighted by atomic mass is 16.5. The number of hydrogen-bond donors (Lipinski definition) is 2. The van der Waals surface area contributed by atoms with E-state index in [0.29, 0.717) is 19.2 Å². The molecule has 1 unspecified atom stereocenters. The van der Waals surface area contributed by atoms with Crippen molar-refractivity contribution >= 4 is 6.09 Å². The highest BCUT2D eigenvalue weighted by Crippen LogP contribution is 2.03. The summed E-state index contributed by atoms with van der Waals surface area (Å²) < 4.78 is 4.96. The highest BCUT2D eigenvalue weighted by Gasteiger charge is 2.14. The zero-order valence-electron chi connectivity index (χ0n) is 8.84. The number of hydrogen-bond acceptors (Lipinski definition) is 3. The maximum absolute atomic E-state index is 11.1. The first-order valence-electron chi connectivity index (χ1n) is 5.47. The van der Waals surface area contributed by atoms with Gasteiger partial charge in [0.1, 0.15) is 0 Å². The smallest absolute Gasteiger partial charge is 0.407 e. The first-order valence-corrected chi connectivity index (χ1v) is 5.47. The molecule has 0 aliphatic carbocycles. The second-order valence-electron chi connectivity index (χ2n) is 3.66. The lowest BCUT2D eigenvalue weighted by atomic mass is 10.2. The average molecular weight is 200 g/mol. The van der Waals surface area contributed by atoms with E-state index < -0.39 is 0 Å². The topological polar surface area (TPSA) is 50.4 Å². The molecule has 1 amide bonds. The molecule has 1 atom stereocenters. The third-order valence-corrected chi connectivity index (χ3v) is 2.39. The van der Waals surface area contributed by atoms with Gasteiger partial charge in [-0.2, -0.15) is 0 Å². The van der Waals surface area contributed by atoms with Crippen LogP contribution in [0.15, 0.2) is 0 Å². The van der Waals surface area contributed by atoms with Gasteiger partial charge in [-0.1, -0.05) is 13.3 Å². The third kappa shape index (κ3) is 4.46. The van der Waals surface area contributed by atoms with Crippen LogP contribution >= 0.6 is 0 Å². The Balaban J connectivity index is 1.96. The van der Waals surface area contributed by atoms with Crippen molar-refractivity contribution in [3.05, 3.63) is 0 Å². The van der Waals surface area contributed by atoms with Crippen molar-refractivity contribution in [2.75, 3.05) is 19.7 Å². The van der Waals surface area contributed by atoms with Crippen molar-refractivity contribution in [1.82, 2.24) is 10.6 Å². The molecular weight excluding hydrogens is 180 g/mol. The van der Waals surface area contributed by atoms with Crippen molar-refractivity contribution in [3.8, 4) is 0 Å². The van der Waals surface area contributed by atoms with Gasteiger partial charge in [0.15, 0.2) is 0 Å². The summed E-state index contributed by atoms with van der Waals surface area (Å²) in [5.74, 6) is 0. The fraction of sp³-hybridized carbons (Fsp3) is 0.900. The fourth-order valence-corrected chi connectivity index (χ4v) is 1.50. The normalized spacial score (nSPS) is 20.8. The van der Waals surface area contributed by atoms with Crippen molar-refractivity contribution in [1.29, 1.82) is 0 Å². The molecule has 0 saturated carbocycles. The lowest BCUT2D eigenvalue weighted by Crippen LogP contribution is -2.37. The van der Waals surface area contributed by atoms with Crippen molar-refractivity contribution in [2.45, 2.75) is 38.6 Å². The maximum Gasteiger partial charge on any atom is 0.407 e. The number of carbonyl (C=O) groups excluding carboxylic acids is 1. The van der Waals surface area contributed by atoms with E-state index in [4.69, 9.17) is 4.74 Å². The van der Waals surface area contributed by atoms with E-state index in [9.17, 15) is 4.79 Å². The molecular formula is C10H20N2O2. The van der Waals surface area contributed by atoms with Gasteiger partial charge in [0, 0.05) is 12.6 Å². The van der Waals surface area contributed by atoms with E-state index in [0.717, 1.165) is 25.8 Å². The molecule has 1 aliphatic heterocycles. The summed E-state index contributed by atoms with van der Waals surface area (Å²) in [4.78, 5) is 11.1. The van der Waals surface area contributed by atoms with Crippen LogP contribution in [-0.4, -0.2) is 31.8 Å². The minimum absolute atomic E-state index is 0.285. The molecule has 0 aromatic rings. The Morgan fingerprint density at radius 1 is 1.64 bits per heavy atom. The predicted molar refractivity (Wildman–Crippen MR) is 55.3 cm³/mol. The van der Waals surface area contributed by atoms with Crippen LogP contribution in [0.2, 0.25) is 0 Å². The van der Waals surface area contributed by atoms with Crippen LogP contribution in [-0.2, 0) is 4.74 Å². The summed E-state index contributed by atoms with van der Waals surface area (Å²) in [6.07, 6.45) is 4.06. The first-order chi connectivity index (χ1) is 6.83. The third-order valence-electron chi connectivity index (χ3n) is 2.39. The monoisotopic (exact) mass is 200 g/mol. The van der Waals surface area contributed by atoms with Gasteiger partial charge in [0.25, 0.3) is 0 Å². The molecule has 14 heavy (non-hydrogen) atoms. The van der Waals surface area contributed by atoms with E-state index in [-0.39, 0.29) is 6.09 Å². The van der Waals surface area contributed by atoms with Gasteiger partial charge in [-0.3, -0.25) is 0 Å². The minimum atomic E-state index is -0.285. The summed E-state index contributed by atoms with van der Waals surface area (Å²) >= 11 is 0. The Kier molecular flexibility index (Phi) is 5.37. The van der Waals surface area contributed by atoms with E-state index in [1.807, 2.05) is 0 Å². The van der Waals surface area contributed by atoms with E-state index in [2.05, 4.69) is 17.6 Å². The Morgan fingerprint density at radius 2 is 2.50 bits per heavy atom. The number of carbonyl (C=O) groups is 1. The van der Waals surface area contributed by atoms with Gasteiger partial charge < -0.3 is 15.4 Å². The lowest BCUT2D eigenvalue weighted by Gasteiger charge is -2.11. The number of alkyl carbamates (subject to hydrolysis) is 1. The fourth-order valence-electron chi connectivity index (χ4n) is 1.50. The molecule has 0 bridgehead atoms. The first kappa shape index (κ1) is 11.3. The number of unbranched alkanes of at least 4 members (excludes halogenated alkanes) is 1. The molecule has 4 nitrogen and oxygen atoms in total. The van der Waals surface area contributed by atoms with Gasteiger partial charge in [-0.25, -0.2) is 4.79 Å². The van der Waals surface area contributed by atoms with Gasteiger partial charge in [-0.15, -0.1) is 0 Å². The molecule has 1 aliphatic rings. The molecule has 4 heteroatoms. The van der Waals surface area contributed by atoms with Crippen LogP contribution in [0.3, 0.4) is 0 Å². The zero-order chi connectivity index (χ0) is 10.2. The number of amides is 1. The van der Waals surface area contributed by atoms with Crippen LogP contribution in [0.25, 0.3) is 0 Å². The Morgan fingerprint density at radius 3 is 3.14 bits per heavy atom. The molecule has 2 N–H and O–H groups in total. The number of ether oxygens (including phenoxy) is 1. The van der Waals surface area contributed by atoms with Gasteiger partial charge >= 0.3 is 6.09 Å². The van der Waals surface area contributed by atoms with Gasteiger partial charge in [0.2, 0.25) is 0 Å².